The van der Waals surface area contributed by atoms with Crippen LogP contribution in [0.2, 0.25) is 5.02 Å². The van der Waals surface area contributed by atoms with Crippen LogP contribution in [0.5, 0.6) is 5.75 Å². The molecule has 5 rings (SSSR count). The molecule has 2 aliphatic heterocycles. The zero-order valence-corrected chi connectivity index (χ0v) is 22.5. The standard InChI is InChI=1S/C27H28ClN5O4S/c1-37-22-12-11-16(28)13-20(22)30-24(35)15-38-27-32-19-10-6-5-9-18(19)25-31-21(26(36)33(25)27)14-23(34)29-17-7-3-2-4-8-17/h5-6,9-13,17,21H,2-4,7-8,14-15H2,1H3,(H,29,34)(H,30,35)/t21-/m1/s1. The largest absolute Gasteiger partial charge is 0.495 e. The number of nitrogens with one attached hydrogen (secondary N) is 2. The number of halogens is 1. The summed E-state index contributed by atoms with van der Waals surface area (Å²) in [6.07, 6.45) is 5.32. The van der Waals surface area contributed by atoms with Crippen molar-refractivity contribution in [2.45, 2.75) is 50.6 Å². The molecule has 0 aromatic heterocycles. The fraction of sp³-hybridized carbons (Fsp3) is 0.370. The normalized spacial score (nSPS) is 18.7. The van der Waals surface area contributed by atoms with E-state index in [2.05, 4.69) is 20.6 Å². The third kappa shape index (κ3) is 5.71. The molecule has 3 aliphatic rings. The topological polar surface area (TPSA) is 112 Å². The molecule has 2 heterocycles. The SMILES string of the molecule is COc1ccc(Cl)cc1NC(=O)CSC1=Nc2ccccc2C2=N[C@H](CC(=O)NC3CCCCC3)C(=O)N12. The molecule has 0 unspecified atom stereocenters. The number of carbonyl (C=O) groups excluding carboxylic acids is 3. The first-order valence-electron chi connectivity index (χ1n) is 12.6. The Morgan fingerprint density at radius 3 is 2.71 bits per heavy atom. The first-order chi connectivity index (χ1) is 18.4. The molecule has 11 heteroatoms. The van der Waals surface area contributed by atoms with E-state index in [0.717, 1.165) is 37.4 Å². The lowest BCUT2D eigenvalue weighted by atomic mass is 9.95. The van der Waals surface area contributed by atoms with E-state index in [1.54, 1.807) is 18.2 Å². The highest BCUT2D eigenvalue weighted by molar-refractivity contribution is 8.14. The predicted octanol–water partition coefficient (Wildman–Crippen LogP) is 4.52. The first kappa shape index (κ1) is 26.2. The molecular weight excluding hydrogens is 526 g/mol. The van der Waals surface area contributed by atoms with Crippen LogP contribution in [-0.2, 0) is 14.4 Å². The second-order valence-corrected chi connectivity index (χ2v) is 10.7. The molecule has 1 saturated carbocycles. The number of aliphatic imine (C=N–C) groups is 2. The average molecular weight is 554 g/mol. The van der Waals surface area contributed by atoms with E-state index >= 15 is 0 Å². The zero-order valence-electron chi connectivity index (χ0n) is 20.9. The van der Waals surface area contributed by atoms with E-state index in [4.69, 9.17) is 16.3 Å². The maximum absolute atomic E-state index is 13.4. The number of amidine groups is 2. The van der Waals surface area contributed by atoms with Gasteiger partial charge in [-0.25, -0.2) is 9.89 Å². The first-order valence-corrected chi connectivity index (χ1v) is 13.9. The fourth-order valence-electron chi connectivity index (χ4n) is 4.84. The number of hydrogen-bond acceptors (Lipinski definition) is 7. The molecule has 198 valence electrons. The average Bonchev–Trinajstić information content (AvgIpc) is 3.24. The molecule has 38 heavy (non-hydrogen) atoms. The van der Waals surface area contributed by atoms with Crippen LogP contribution in [-0.4, -0.2) is 58.6 Å². The molecule has 0 bridgehead atoms. The number of fused-ring (bicyclic) bond motifs is 3. The van der Waals surface area contributed by atoms with Crippen LogP contribution in [0.3, 0.4) is 0 Å². The lowest BCUT2D eigenvalue weighted by Gasteiger charge is -2.25. The summed E-state index contributed by atoms with van der Waals surface area (Å²) in [6.45, 7) is 0. The highest BCUT2D eigenvalue weighted by atomic mass is 35.5. The molecule has 3 amide bonds. The van der Waals surface area contributed by atoms with Gasteiger partial charge in [-0.2, -0.15) is 0 Å². The second kappa shape index (κ2) is 11.6. The summed E-state index contributed by atoms with van der Waals surface area (Å²) in [5.41, 5.74) is 1.82. The second-order valence-electron chi connectivity index (χ2n) is 9.34. The molecule has 2 aromatic rings. The van der Waals surface area contributed by atoms with Crippen LogP contribution in [0.15, 0.2) is 52.4 Å². The molecule has 1 atom stereocenters. The summed E-state index contributed by atoms with van der Waals surface area (Å²) in [5, 5.41) is 6.67. The van der Waals surface area contributed by atoms with Gasteiger partial charge in [0.25, 0.3) is 5.91 Å². The highest BCUT2D eigenvalue weighted by Crippen LogP contribution is 2.34. The Morgan fingerprint density at radius 2 is 1.92 bits per heavy atom. The van der Waals surface area contributed by atoms with Crippen molar-refractivity contribution in [3.63, 3.8) is 0 Å². The number of benzene rings is 2. The van der Waals surface area contributed by atoms with Crippen molar-refractivity contribution >= 4 is 63.5 Å². The van der Waals surface area contributed by atoms with Gasteiger partial charge in [-0.15, -0.1) is 0 Å². The van der Waals surface area contributed by atoms with Crippen LogP contribution >= 0.6 is 23.4 Å². The highest BCUT2D eigenvalue weighted by Gasteiger charge is 2.42. The monoisotopic (exact) mass is 553 g/mol. The van der Waals surface area contributed by atoms with E-state index in [-0.39, 0.29) is 35.9 Å². The van der Waals surface area contributed by atoms with Crippen LogP contribution in [0.25, 0.3) is 0 Å². The van der Waals surface area contributed by atoms with Gasteiger partial charge in [0, 0.05) is 16.6 Å². The summed E-state index contributed by atoms with van der Waals surface area (Å²) >= 11 is 7.19. The number of ether oxygens (including phenoxy) is 1. The van der Waals surface area contributed by atoms with Gasteiger partial charge in [-0.3, -0.25) is 19.4 Å². The molecule has 2 N–H and O–H groups in total. The molecule has 0 saturated heterocycles. The molecule has 1 aliphatic carbocycles. The molecular formula is C27H28ClN5O4S. The van der Waals surface area contributed by atoms with Crippen molar-refractivity contribution in [2.75, 3.05) is 18.2 Å². The number of nitrogens with zero attached hydrogens (tertiary/aromatic N) is 3. The van der Waals surface area contributed by atoms with Crippen molar-refractivity contribution in [1.82, 2.24) is 10.2 Å². The Morgan fingerprint density at radius 1 is 1.13 bits per heavy atom. The van der Waals surface area contributed by atoms with Crippen molar-refractivity contribution < 1.29 is 19.1 Å². The van der Waals surface area contributed by atoms with E-state index < -0.39 is 6.04 Å². The van der Waals surface area contributed by atoms with Gasteiger partial charge >= 0.3 is 0 Å². The van der Waals surface area contributed by atoms with Gasteiger partial charge in [0.2, 0.25) is 11.8 Å². The summed E-state index contributed by atoms with van der Waals surface area (Å²) in [6, 6.07) is 11.7. The zero-order chi connectivity index (χ0) is 26.6. The lowest BCUT2D eigenvalue weighted by Crippen LogP contribution is -2.43. The molecule has 0 radical (unpaired) electrons. The van der Waals surface area contributed by atoms with E-state index in [0.29, 0.717) is 38.7 Å². The van der Waals surface area contributed by atoms with Gasteiger partial charge in [-0.05, 0) is 43.2 Å². The van der Waals surface area contributed by atoms with E-state index in [9.17, 15) is 14.4 Å². The van der Waals surface area contributed by atoms with Gasteiger partial charge < -0.3 is 15.4 Å². The molecule has 1 fully saturated rings. The van der Waals surface area contributed by atoms with Crippen molar-refractivity contribution in [3.05, 3.63) is 53.1 Å². The Bertz CT molecular complexity index is 1320. The van der Waals surface area contributed by atoms with Crippen molar-refractivity contribution in [3.8, 4) is 5.75 Å². The quantitative estimate of drug-likeness (QED) is 0.523. The fourth-order valence-corrected chi connectivity index (χ4v) is 5.81. The summed E-state index contributed by atoms with van der Waals surface area (Å²) in [7, 11) is 1.51. The lowest BCUT2D eigenvalue weighted by molar-refractivity contribution is -0.129. The third-order valence-corrected chi connectivity index (χ3v) is 7.84. The maximum Gasteiger partial charge on any atom is 0.259 e. The number of carbonyl (C=O) groups is 3. The minimum absolute atomic E-state index is 0.0133. The Hall–Kier alpha value is -3.37. The molecule has 0 spiro atoms. The molecule has 2 aromatic carbocycles. The van der Waals surface area contributed by atoms with Crippen LogP contribution < -0.4 is 15.4 Å². The maximum atomic E-state index is 13.4. The van der Waals surface area contributed by atoms with Crippen LogP contribution in [0.1, 0.15) is 44.1 Å². The molecule has 9 nitrogen and oxygen atoms in total. The summed E-state index contributed by atoms with van der Waals surface area (Å²) in [5.74, 6) is 0.113. The number of thioether (sulfide) groups is 1. The minimum Gasteiger partial charge on any atom is -0.495 e. The van der Waals surface area contributed by atoms with Gasteiger partial charge in [0.1, 0.15) is 17.6 Å². The van der Waals surface area contributed by atoms with Crippen LogP contribution in [0.4, 0.5) is 11.4 Å². The van der Waals surface area contributed by atoms with Gasteiger partial charge in [0.15, 0.2) is 5.17 Å². The predicted molar refractivity (Wildman–Crippen MR) is 149 cm³/mol. The summed E-state index contributed by atoms with van der Waals surface area (Å²) < 4.78 is 5.29. The Labute approximate surface area is 230 Å². The number of hydrogen-bond donors (Lipinski definition) is 2. The number of rotatable bonds is 7. The Balaban J connectivity index is 1.30. The summed E-state index contributed by atoms with van der Waals surface area (Å²) in [4.78, 5) is 49.7. The van der Waals surface area contributed by atoms with Crippen molar-refractivity contribution in [2.24, 2.45) is 9.98 Å². The van der Waals surface area contributed by atoms with Gasteiger partial charge in [0.05, 0.1) is 30.7 Å². The van der Waals surface area contributed by atoms with Gasteiger partial charge in [-0.1, -0.05) is 54.8 Å². The van der Waals surface area contributed by atoms with Crippen molar-refractivity contribution in [1.29, 1.82) is 0 Å². The smallest absolute Gasteiger partial charge is 0.259 e. The third-order valence-electron chi connectivity index (χ3n) is 6.66. The Kier molecular flexibility index (Phi) is 7.99. The number of para-hydroxylation sites is 1. The number of anilines is 1. The van der Waals surface area contributed by atoms with E-state index in [1.807, 2.05) is 24.3 Å². The van der Waals surface area contributed by atoms with E-state index in [1.165, 1.54) is 18.4 Å². The number of amides is 3. The van der Waals surface area contributed by atoms with Crippen LogP contribution in [0, 0.1) is 0 Å². The minimum atomic E-state index is -0.838. The number of methoxy groups -OCH3 is 1.